The van der Waals surface area contributed by atoms with Crippen molar-refractivity contribution in [3.63, 3.8) is 0 Å². The highest BCUT2D eigenvalue weighted by Gasteiger charge is 2.20. The van der Waals surface area contributed by atoms with Gasteiger partial charge in [0, 0.05) is 18.8 Å². The highest BCUT2D eigenvalue weighted by Crippen LogP contribution is 2.42. The Balaban J connectivity index is 1.65. The normalized spacial score (nSPS) is 16.4. The molecular weight excluding hydrogens is 352 g/mol. The summed E-state index contributed by atoms with van der Waals surface area (Å²) in [6.07, 6.45) is 13.8. The van der Waals surface area contributed by atoms with E-state index in [9.17, 15) is 0 Å². The summed E-state index contributed by atoms with van der Waals surface area (Å²) in [5.74, 6) is 0.881. The van der Waals surface area contributed by atoms with Gasteiger partial charge in [0.05, 0.1) is 16.7 Å². The zero-order valence-electron chi connectivity index (χ0n) is 16.2. The van der Waals surface area contributed by atoms with Crippen molar-refractivity contribution in [3.05, 3.63) is 58.6 Å². The molecule has 0 amide bonds. The van der Waals surface area contributed by atoms with Gasteiger partial charge in [-0.15, -0.1) is 11.3 Å². The fraction of sp³-hybridized carbons (Fsp3) is 0.348. The number of hydrogen-bond acceptors (Lipinski definition) is 4. The molecule has 2 aliphatic carbocycles. The van der Waals surface area contributed by atoms with E-state index in [4.69, 9.17) is 9.72 Å². The van der Waals surface area contributed by atoms with Crippen LogP contribution in [0.3, 0.4) is 0 Å². The topological polar surface area (TPSA) is 34.2 Å². The molecule has 0 spiro atoms. The maximum Gasteiger partial charge on any atom is 0.142 e. The Morgan fingerprint density at radius 3 is 2.93 bits per heavy atom. The molecule has 1 N–H and O–H groups in total. The molecule has 4 heteroatoms. The van der Waals surface area contributed by atoms with Crippen LogP contribution in [0.1, 0.15) is 44.4 Å². The van der Waals surface area contributed by atoms with Gasteiger partial charge in [0.1, 0.15) is 10.8 Å². The van der Waals surface area contributed by atoms with E-state index in [0.717, 1.165) is 28.4 Å². The Morgan fingerprint density at radius 1 is 1.22 bits per heavy atom. The number of ether oxygens (including phenoxy) is 1. The van der Waals surface area contributed by atoms with Crippen molar-refractivity contribution >= 4 is 22.6 Å². The molecule has 0 saturated heterocycles. The first kappa shape index (κ1) is 18.1. The molecule has 0 bridgehead atoms. The summed E-state index contributed by atoms with van der Waals surface area (Å²) in [7, 11) is 1.93. The maximum atomic E-state index is 5.89. The quantitative estimate of drug-likeness (QED) is 0.648. The lowest BCUT2D eigenvalue weighted by Crippen LogP contribution is -2.07. The fourth-order valence-corrected chi connectivity index (χ4v) is 4.75. The minimum absolute atomic E-state index is 0.152. The number of benzene rings is 1. The molecular formula is C23H26N2OS. The Hall–Kier alpha value is -2.33. The first-order chi connectivity index (χ1) is 13.2. The summed E-state index contributed by atoms with van der Waals surface area (Å²) in [6.45, 7) is 4.09. The first-order valence-electron chi connectivity index (χ1n) is 9.70. The Kier molecular flexibility index (Phi) is 5.17. The molecule has 0 aliphatic heterocycles. The number of nitrogens with zero attached hydrogens (tertiary/aromatic N) is 1. The highest BCUT2D eigenvalue weighted by atomic mass is 32.1. The van der Waals surface area contributed by atoms with Crippen LogP contribution in [0, 0.1) is 0 Å². The van der Waals surface area contributed by atoms with E-state index in [-0.39, 0.29) is 6.10 Å². The second-order valence-electron chi connectivity index (χ2n) is 7.27. The van der Waals surface area contributed by atoms with Gasteiger partial charge in [0.2, 0.25) is 0 Å². The van der Waals surface area contributed by atoms with Crippen LogP contribution in [0.2, 0.25) is 0 Å². The van der Waals surface area contributed by atoms with Crippen LogP contribution < -0.4 is 10.1 Å². The summed E-state index contributed by atoms with van der Waals surface area (Å²) < 4.78 is 5.89. The van der Waals surface area contributed by atoms with Crippen LogP contribution in [0.4, 0.5) is 5.69 Å². The van der Waals surface area contributed by atoms with Gasteiger partial charge in [-0.2, -0.15) is 0 Å². The van der Waals surface area contributed by atoms with Gasteiger partial charge in [-0.25, -0.2) is 4.98 Å². The molecule has 140 valence electrons. The van der Waals surface area contributed by atoms with Crippen molar-refractivity contribution in [2.45, 2.75) is 45.6 Å². The van der Waals surface area contributed by atoms with E-state index in [0.29, 0.717) is 0 Å². The van der Waals surface area contributed by atoms with Gasteiger partial charge >= 0.3 is 0 Å². The molecule has 0 unspecified atom stereocenters. The fourth-order valence-electron chi connectivity index (χ4n) is 3.77. The lowest BCUT2D eigenvalue weighted by Gasteiger charge is -2.14. The highest BCUT2D eigenvalue weighted by molar-refractivity contribution is 7.16. The number of anilines is 1. The Morgan fingerprint density at radius 2 is 2.11 bits per heavy atom. The molecule has 3 nitrogen and oxygen atoms in total. The van der Waals surface area contributed by atoms with Gasteiger partial charge in [0.15, 0.2) is 0 Å². The van der Waals surface area contributed by atoms with Crippen LogP contribution in [0.5, 0.6) is 5.75 Å². The van der Waals surface area contributed by atoms with E-state index < -0.39 is 0 Å². The monoisotopic (exact) mass is 378 g/mol. The third-order valence-corrected chi connectivity index (χ3v) is 6.07. The second-order valence-corrected chi connectivity index (χ2v) is 8.30. The molecule has 1 aromatic carbocycles. The van der Waals surface area contributed by atoms with Crippen molar-refractivity contribution in [1.82, 2.24) is 4.98 Å². The lowest BCUT2D eigenvalue weighted by molar-refractivity contribution is 0.244. The average Bonchev–Trinajstić information content (AvgIpc) is 3.28. The summed E-state index contributed by atoms with van der Waals surface area (Å²) in [5, 5.41) is 4.30. The third-order valence-electron chi connectivity index (χ3n) is 4.99. The van der Waals surface area contributed by atoms with Crippen molar-refractivity contribution in [2.24, 2.45) is 0 Å². The molecule has 0 fully saturated rings. The predicted octanol–water partition coefficient (Wildman–Crippen LogP) is 6.46. The maximum absolute atomic E-state index is 5.89. The van der Waals surface area contributed by atoms with Crippen LogP contribution in [-0.2, 0) is 0 Å². The van der Waals surface area contributed by atoms with Crippen LogP contribution >= 0.6 is 11.3 Å². The van der Waals surface area contributed by atoms with Gasteiger partial charge in [0.25, 0.3) is 0 Å². The molecule has 27 heavy (non-hydrogen) atoms. The number of rotatable bonds is 5. The van der Waals surface area contributed by atoms with Gasteiger partial charge in [-0.3, -0.25) is 0 Å². The SMILES string of the molecule is CNc1cc(-c2ncc(C3=CCC=CC4=C3CCC4)s2)ccc1OC(C)C. The van der Waals surface area contributed by atoms with Crippen molar-refractivity contribution < 1.29 is 4.74 Å². The number of aromatic nitrogens is 1. The summed E-state index contributed by atoms with van der Waals surface area (Å²) in [5.41, 5.74) is 6.55. The van der Waals surface area contributed by atoms with E-state index >= 15 is 0 Å². The summed E-state index contributed by atoms with van der Waals surface area (Å²) in [6, 6.07) is 6.27. The summed E-state index contributed by atoms with van der Waals surface area (Å²) >= 11 is 1.78. The summed E-state index contributed by atoms with van der Waals surface area (Å²) in [4.78, 5) is 6.01. The third kappa shape index (κ3) is 3.72. The molecule has 2 aromatic rings. The number of nitrogens with one attached hydrogen (secondary N) is 1. The van der Waals surface area contributed by atoms with Gasteiger partial charge in [-0.05, 0) is 74.4 Å². The van der Waals surface area contributed by atoms with Crippen molar-refractivity contribution in [1.29, 1.82) is 0 Å². The number of hydrogen-bond donors (Lipinski definition) is 1. The molecule has 4 rings (SSSR count). The van der Waals surface area contributed by atoms with Crippen LogP contribution in [0.15, 0.2) is 53.8 Å². The van der Waals surface area contributed by atoms with Crippen LogP contribution in [-0.4, -0.2) is 18.1 Å². The van der Waals surface area contributed by atoms with Crippen molar-refractivity contribution in [2.75, 3.05) is 12.4 Å². The predicted molar refractivity (Wildman–Crippen MR) is 115 cm³/mol. The standard InChI is InChI=1S/C23H26N2OS/c1-15(2)26-21-12-11-17(13-20(21)24-3)23-25-14-22(27-23)19-9-5-4-7-16-8-6-10-18(16)19/h4,7,9,11-15,24H,5-6,8,10H2,1-3H3. The minimum Gasteiger partial charge on any atom is -0.489 e. The first-order valence-corrected chi connectivity index (χ1v) is 10.5. The van der Waals surface area contributed by atoms with Gasteiger partial charge < -0.3 is 10.1 Å². The smallest absolute Gasteiger partial charge is 0.142 e. The van der Waals surface area contributed by atoms with E-state index in [1.807, 2.05) is 33.2 Å². The largest absolute Gasteiger partial charge is 0.489 e. The second kappa shape index (κ2) is 7.73. The average molecular weight is 379 g/mol. The Labute approximate surface area is 165 Å². The Bertz CT molecular complexity index is 934. The lowest BCUT2D eigenvalue weighted by atomic mass is 10.0. The molecule has 1 aromatic heterocycles. The van der Waals surface area contributed by atoms with Crippen LogP contribution in [0.25, 0.3) is 16.1 Å². The van der Waals surface area contributed by atoms with E-state index in [2.05, 4.69) is 35.7 Å². The van der Waals surface area contributed by atoms with Gasteiger partial charge in [-0.1, -0.05) is 18.2 Å². The zero-order chi connectivity index (χ0) is 18.8. The number of thiazole rings is 1. The molecule has 2 aliphatic rings. The van der Waals surface area contributed by atoms with E-state index in [1.165, 1.54) is 40.9 Å². The van der Waals surface area contributed by atoms with E-state index in [1.54, 1.807) is 11.3 Å². The zero-order valence-corrected chi connectivity index (χ0v) is 17.0. The molecule has 1 heterocycles. The number of allylic oxidation sites excluding steroid dienone is 6. The minimum atomic E-state index is 0.152. The molecule has 0 saturated carbocycles. The van der Waals surface area contributed by atoms with Crippen molar-refractivity contribution in [3.8, 4) is 16.3 Å². The molecule has 0 atom stereocenters. The molecule has 0 radical (unpaired) electrons.